The summed E-state index contributed by atoms with van der Waals surface area (Å²) in [6.45, 7) is 0. The van der Waals surface area contributed by atoms with Crippen molar-refractivity contribution in [1.29, 1.82) is 0 Å². The van der Waals surface area contributed by atoms with E-state index in [9.17, 15) is 0 Å². The highest BCUT2D eigenvalue weighted by Crippen LogP contribution is 2.37. The Hall–Kier alpha value is -2.74. The standard InChI is InChI=1S/C18H12N2/c1-3-7-13(8-4-1)17-15-11-20-18(16(15)12-19-17)14-9-5-2-6-10-14/h1-12H. The van der Waals surface area contributed by atoms with Crippen molar-refractivity contribution >= 4 is 23.8 Å². The van der Waals surface area contributed by atoms with Crippen LogP contribution in [0.15, 0.2) is 81.8 Å². The summed E-state index contributed by atoms with van der Waals surface area (Å²) < 4.78 is 0. The lowest BCUT2D eigenvalue weighted by Crippen LogP contribution is -1.88. The molecule has 0 saturated carbocycles. The fourth-order valence-corrected chi connectivity index (χ4v) is 2.57. The zero-order chi connectivity index (χ0) is 13.4. The molecular formula is C18H12N2. The average molecular weight is 256 g/mol. The molecule has 0 spiro atoms. The minimum atomic E-state index is 1.01. The van der Waals surface area contributed by atoms with Gasteiger partial charge in [0, 0.05) is 34.7 Å². The van der Waals surface area contributed by atoms with E-state index in [0.29, 0.717) is 0 Å². The molecule has 2 aromatic carbocycles. The molecule has 0 N–H and O–H groups in total. The molecule has 0 aliphatic carbocycles. The van der Waals surface area contributed by atoms with Crippen LogP contribution in [0.2, 0.25) is 0 Å². The molecule has 0 bridgehead atoms. The maximum Gasteiger partial charge on any atom is 0.0797 e. The molecule has 0 atom stereocenters. The van der Waals surface area contributed by atoms with Gasteiger partial charge in [-0.15, -0.1) is 0 Å². The van der Waals surface area contributed by atoms with E-state index in [1.54, 1.807) is 0 Å². The maximum atomic E-state index is 4.57. The summed E-state index contributed by atoms with van der Waals surface area (Å²) in [6, 6.07) is 20.5. The van der Waals surface area contributed by atoms with Crippen molar-refractivity contribution in [2.75, 3.05) is 0 Å². The molecule has 2 nitrogen and oxygen atoms in total. The summed E-state index contributed by atoms with van der Waals surface area (Å²) in [5.41, 5.74) is 6.53. The van der Waals surface area contributed by atoms with Gasteiger partial charge in [0.2, 0.25) is 0 Å². The number of benzene rings is 2. The van der Waals surface area contributed by atoms with Crippen LogP contribution in [0.25, 0.3) is 11.4 Å². The Kier molecular flexibility index (Phi) is 2.46. The highest BCUT2D eigenvalue weighted by atomic mass is 14.8. The van der Waals surface area contributed by atoms with Crippen LogP contribution < -0.4 is 0 Å². The van der Waals surface area contributed by atoms with E-state index in [-0.39, 0.29) is 0 Å². The number of allylic oxidation sites excluding steroid dienone is 2. The first-order chi connectivity index (χ1) is 9.93. The number of aliphatic imine (C=N–C) groups is 2. The molecule has 2 aromatic rings. The number of rotatable bonds is 2. The molecule has 0 unspecified atom stereocenters. The van der Waals surface area contributed by atoms with Gasteiger partial charge in [-0.05, 0) is 0 Å². The molecule has 4 rings (SSSR count). The molecule has 20 heavy (non-hydrogen) atoms. The third-order valence-corrected chi connectivity index (χ3v) is 3.54. The van der Waals surface area contributed by atoms with Crippen LogP contribution in [-0.2, 0) is 0 Å². The maximum absolute atomic E-state index is 4.57. The van der Waals surface area contributed by atoms with E-state index in [0.717, 1.165) is 33.7 Å². The van der Waals surface area contributed by atoms with Gasteiger partial charge in [0.1, 0.15) is 0 Å². The molecular weight excluding hydrogens is 244 g/mol. The quantitative estimate of drug-likeness (QED) is 0.776. The van der Waals surface area contributed by atoms with Crippen LogP contribution in [0.3, 0.4) is 0 Å². The van der Waals surface area contributed by atoms with Crippen molar-refractivity contribution in [3.05, 3.63) is 82.9 Å². The van der Waals surface area contributed by atoms with Gasteiger partial charge in [0.15, 0.2) is 0 Å². The van der Waals surface area contributed by atoms with Crippen LogP contribution in [0.5, 0.6) is 0 Å². The Balaban J connectivity index is 1.85. The SMILES string of the molecule is C1=NC(c2ccccc2)=C2C=NC(c3ccccc3)=C12. The second-order valence-corrected chi connectivity index (χ2v) is 4.77. The molecule has 2 heterocycles. The summed E-state index contributed by atoms with van der Waals surface area (Å²) in [5.74, 6) is 0. The zero-order valence-corrected chi connectivity index (χ0v) is 10.8. The van der Waals surface area contributed by atoms with Crippen molar-refractivity contribution in [1.82, 2.24) is 0 Å². The van der Waals surface area contributed by atoms with Gasteiger partial charge in [-0.2, -0.15) is 0 Å². The lowest BCUT2D eigenvalue weighted by molar-refractivity contribution is 1.52. The topological polar surface area (TPSA) is 24.7 Å². The van der Waals surface area contributed by atoms with E-state index in [1.807, 2.05) is 48.8 Å². The second kappa shape index (κ2) is 4.42. The molecule has 2 aliphatic rings. The molecule has 2 heteroatoms. The third-order valence-electron chi connectivity index (χ3n) is 3.54. The fraction of sp³-hybridized carbons (Fsp3) is 0. The zero-order valence-electron chi connectivity index (χ0n) is 10.8. The molecule has 0 aromatic heterocycles. The largest absolute Gasteiger partial charge is 0.255 e. The van der Waals surface area contributed by atoms with Crippen molar-refractivity contribution in [3.8, 4) is 0 Å². The summed E-state index contributed by atoms with van der Waals surface area (Å²) in [5, 5.41) is 0. The smallest absolute Gasteiger partial charge is 0.0797 e. The fourth-order valence-electron chi connectivity index (χ4n) is 2.57. The highest BCUT2D eigenvalue weighted by molar-refractivity contribution is 6.19. The first-order valence-corrected chi connectivity index (χ1v) is 6.61. The van der Waals surface area contributed by atoms with Gasteiger partial charge in [-0.25, -0.2) is 0 Å². The molecule has 2 aliphatic heterocycles. The Morgan fingerprint density at radius 3 is 1.30 bits per heavy atom. The normalized spacial score (nSPS) is 16.2. The van der Waals surface area contributed by atoms with E-state index < -0.39 is 0 Å². The summed E-state index contributed by atoms with van der Waals surface area (Å²) >= 11 is 0. The number of hydrogen-bond acceptors (Lipinski definition) is 2. The van der Waals surface area contributed by atoms with Crippen LogP contribution in [0.1, 0.15) is 11.1 Å². The van der Waals surface area contributed by atoms with Crippen molar-refractivity contribution < 1.29 is 0 Å². The minimum Gasteiger partial charge on any atom is -0.255 e. The van der Waals surface area contributed by atoms with Crippen molar-refractivity contribution in [2.24, 2.45) is 9.98 Å². The van der Waals surface area contributed by atoms with Gasteiger partial charge in [-0.1, -0.05) is 60.7 Å². The van der Waals surface area contributed by atoms with E-state index in [4.69, 9.17) is 0 Å². The summed E-state index contributed by atoms with van der Waals surface area (Å²) in [4.78, 5) is 9.14. The van der Waals surface area contributed by atoms with Crippen molar-refractivity contribution in [3.63, 3.8) is 0 Å². The van der Waals surface area contributed by atoms with Gasteiger partial charge < -0.3 is 0 Å². The average Bonchev–Trinajstić information content (AvgIpc) is 3.10. The van der Waals surface area contributed by atoms with Crippen molar-refractivity contribution in [2.45, 2.75) is 0 Å². The number of hydrogen-bond donors (Lipinski definition) is 0. The van der Waals surface area contributed by atoms with Gasteiger partial charge >= 0.3 is 0 Å². The van der Waals surface area contributed by atoms with Crippen LogP contribution in [0.4, 0.5) is 0 Å². The Morgan fingerprint density at radius 2 is 0.900 bits per heavy atom. The van der Waals surface area contributed by atoms with E-state index >= 15 is 0 Å². The number of fused-ring (bicyclic) bond motifs is 1. The van der Waals surface area contributed by atoms with E-state index in [2.05, 4.69) is 34.3 Å². The lowest BCUT2D eigenvalue weighted by Gasteiger charge is -2.00. The Bertz CT molecular complexity index is 709. The monoisotopic (exact) mass is 256 g/mol. The first kappa shape index (κ1) is 11.1. The van der Waals surface area contributed by atoms with E-state index in [1.165, 1.54) is 0 Å². The predicted octanol–water partition coefficient (Wildman–Crippen LogP) is 3.98. The van der Waals surface area contributed by atoms with Crippen LogP contribution >= 0.6 is 0 Å². The third kappa shape index (κ3) is 1.66. The predicted molar refractivity (Wildman–Crippen MR) is 83.7 cm³/mol. The molecule has 0 saturated heterocycles. The van der Waals surface area contributed by atoms with Gasteiger partial charge in [0.25, 0.3) is 0 Å². The summed E-state index contributed by atoms with van der Waals surface area (Å²) in [6.07, 6.45) is 3.85. The minimum absolute atomic E-state index is 1.01. The highest BCUT2D eigenvalue weighted by Gasteiger charge is 2.24. The number of nitrogens with zero attached hydrogens (tertiary/aromatic N) is 2. The second-order valence-electron chi connectivity index (χ2n) is 4.77. The van der Waals surface area contributed by atoms with Gasteiger partial charge in [-0.3, -0.25) is 9.98 Å². The molecule has 0 radical (unpaired) electrons. The van der Waals surface area contributed by atoms with Crippen LogP contribution in [0, 0.1) is 0 Å². The lowest BCUT2D eigenvalue weighted by atomic mass is 10.0. The molecule has 0 fully saturated rings. The summed E-state index contributed by atoms with van der Waals surface area (Å²) in [7, 11) is 0. The Morgan fingerprint density at radius 1 is 0.500 bits per heavy atom. The molecule has 0 amide bonds. The van der Waals surface area contributed by atoms with Crippen LogP contribution in [-0.4, -0.2) is 12.4 Å². The molecule has 94 valence electrons. The van der Waals surface area contributed by atoms with Gasteiger partial charge in [0.05, 0.1) is 11.4 Å². The first-order valence-electron chi connectivity index (χ1n) is 6.61. The Labute approximate surface area is 117 Å².